The van der Waals surface area contributed by atoms with Crippen LogP contribution < -0.4 is 0 Å². The summed E-state index contributed by atoms with van der Waals surface area (Å²) in [7, 11) is 0. The molecular formula is C9H8N2S. The normalized spacial score (nSPS) is 10.1. The molecule has 0 aliphatic heterocycles. The number of nitrogens with zero attached hydrogens (tertiary/aromatic N) is 2. The van der Waals surface area contributed by atoms with Crippen LogP contribution in [0.5, 0.6) is 0 Å². The van der Waals surface area contributed by atoms with Crippen LogP contribution in [0.1, 0.15) is 4.88 Å². The molecule has 0 amide bonds. The van der Waals surface area contributed by atoms with E-state index in [0.29, 0.717) is 0 Å². The maximum absolute atomic E-state index is 4.28. The number of thiazole rings is 1. The lowest BCUT2D eigenvalue weighted by Gasteiger charge is -1.95. The van der Waals surface area contributed by atoms with Crippen LogP contribution in [0.4, 0.5) is 0 Å². The van der Waals surface area contributed by atoms with Gasteiger partial charge in [-0.15, -0.1) is 11.3 Å². The molecule has 2 heterocycles. The molecule has 0 aliphatic rings. The number of hydrogen-bond donors (Lipinski definition) is 0. The third-order valence-corrected chi connectivity index (χ3v) is 2.46. The van der Waals surface area contributed by atoms with Gasteiger partial charge in [0.2, 0.25) is 0 Å². The first kappa shape index (κ1) is 7.43. The van der Waals surface area contributed by atoms with E-state index in [9.17, 15) is 0 Å². The predicted octanol–water partition coefficient (Wildman–Crippen LogP) is 2.51. The highest BCUT2D eigenvalue weighted by Gasteiger charge is 2.02. The third kappa shape index (κ3) is 1.23. The fourth-order valence-corrected chi connectivity index (χ4v) is 1.69. The molecular weight excluding hydrogens is 168 g/mol. The largest absolute Gasteiger partial charge is 0.265 e. The zero-order chi connectivity index (χ0) is 8.39. The first-order valence-electron chi connectivity index (χ1n) is 3.68. The van der Waals surface area contributed by atoms with E-state index in [1.54, 1.807) is 23.7 Å². The van der Waals surface area contributed by atoms with Gasteiger partial charge in [0.15, 0.2) is 0 Å². The number of pyridine rings is 1. The molecule has 2 aromatic heterocycles. The summed E-state index contributed by atoms with van der Waals surface area (Å²) < 4.78 is 0. The molecule has 0 aromatic carbocycles. The molecule has 0 saturated carbocycles. The minimum absolute atomic E-state index is 1.07. The first-order chi connectivity index (χ1) is 5.88. The van der Waals surface area contributed by atoms with Gasteiger partial charge in [0.1, 0.15) is 0 Å². The van der Waals surface area contributed by atoms with Crippen LogP contribution in [0.25, 0.3) is 11.3 Å². The van der Waals surface area contributed by atoms with Crippen LogP contribution in [0.2, 0.25) is 0 Å². The molecule has 2 nitrogen and oxygen atoms in total. The first-order valence-corrected chi connectivity index (χ1v) is 4.56. The second kappa shape index (κ2) is 3.03. The van der Waals surface area contributed by atoms with Gasteiger partial charge in [0.25, 0.3) is 0 Å². The summed E-state index contributed by atoms with van der Waals surface area (Å²) in [5.41, 5.74) is 4.08. The average Bonchev–Trinajstić information content (AvgIpc) is 2.53. The van der Waals surface area contributed by atoms with Crippen LogP contribution in [-0.2, 0) is 0 Å². The van der Waals surface area contributed by atoms with Gasteiger partial charge in [-0.1, -0.05) is 0 Å². The third-order valence-electron chi connectivity index (χ3n) is 1.70. The number of hydrogen-bond acceptors (Lipinski definition) is 3. The highest BCUT2D eigenvalue weighted by Crippen LogP contribution is 2.23. The molecule has 2 rings (SSSR count). The Hall–Kier alpha value is -1.22. The summed E-state index contributed by atoms with van der Waals surface area (Å²) in [6, 6.07) is 3.95. The van der Waals surface area contributed by atoms with Crippen LogP contribution in [0, 0.1) is 6.92 Å². The molecule has 12 heavy (non-hydrogen) atoms. The van der Waals surface area contributed by atoms with E-state index in [1.165, 1.54) is 4.88 Å². The average molecular weight is 176 g/mol. The standard InChI is InChI=1S/C9H8N2S/c1-7-9(11-6-12-7)8-2-4-10-5-3-8/h2-6H,1H3. The van der Waals surface area contributed by atoms with Crippen molar-refractivity contribution in [3.63, 3.8) is 0 Å². The SMILES string of the molecule is Cc1scnc1-c1ccncc1. The molecule has 0 spiro atoms. The second-order valence-corrected chi connectivity index (χ2v) is 3.55. The second-order valence-electron chi connectivity index (χ2n) is 2.49. The molecule has 0 atom stereocenters. The van der Waals surface area contributed by atoms with E-state index >= 15 is 0 Å². The van der Waals surface area contributed by atoms with Gasteiger partial charge < -0.3 is 0 Å². The Balaban J connectivity index is 2.51. The van der Waals surface area contributed by atoms with Crippen LogP contribution >= 0.6 is 11.3 Å². The quantitative estimate of drug-likeness (QED) is 0.667. The Labute approximate surface area is 74.9 Å². The van der Waals surface area contributed by atoms with Crippen molar-refractivity contribution in [1.29, 1.82) is 0 Å². The summed E-state index contributed by atoms with van der Waals surface area (Å²) in [6.45, 7) is 2.08. The van der Waals surface area contributed by atoms with E-state index in [-0.39, 0.29) is 0 Å². The van der Waals surface area contributed by atoms with Crippen molar-refractivity contribution >= 4 is 11.3 Å². The van der Waals surface area contributed by atoms with Gasteiger partial charge in [-0.2, -0.15) is 0 Å². The molecule has 2 aromatic rings. The summed E-state index contributed by atoms with van der Waals surface area (Å²) in [6.07, 6.45) is 3.57. The Morgan fingerprint density at radius 3 is 2.58 bits per heavy atom. The molecule has 0 fully saturated rings. The van der Waals surface area contributed by atoms with Gasteiger partial charge in [0, 0.05) is 22.8 Å². The van der Waals surface area contributed by atoms with Crippen molar-refractivity contribution < 1.29 is 0 Å². The van der Waals surface area contributed by atoms with Gasteiger partial charge in [-0.25, -0.2) is 4.98 Å². The molecule has 0 radical (unpaired) electrons. The number of aromatic nitrogens is 2. The zero-order valence-corrected chi connectivity index (χ0v) is 7.51. The summed E-state index contributed by atoms with van der Waals surface area (Å²) in [5, 5.41) is 0. The zero-order valence-electron chi connectivity index (χ0n) is 6.69. The molecule has 0 unspecified atom stereocenters. The maximum atomic E-state index is 4.28. The smallest absolute Gasteiger partial charge is 0.0841 e. The van der Waals surface area contributed by atoms with E-state index in [2.05, 4.69) is 16.9 Å². The highest BCUT2D eigenvalue weighted by molar-refractivity contribution is 7.10. The van der Waals surface area contributed by atoms with Crippen molar-refractivity contribution in [3.8, 4) is 11.3 Å². The van der Waals surface area contributed by atoms with Crippen molar-refractivity contribution in [2.24, 2.45) is 0 Å². The van der Waals surface area contributed by atoms with E-state index in [1.807, 2.05) is 17.6 Å². The van der Waals surface area contributed by atoms with E-state index < -0.39 is 0 Å². The molecule has 0 saturated heterocycles. The maximum Gasteiger partial charge on any atom is 0.0841 e. The summed E-state index contributed by atoms with van der Waals surface area (Å²) in [5.74, 6) is 0. The van der Waals surface area contributed by atoms with E-state index in [4.69, 9.17) is 0 Å². The Morgan fingerprint density at radius 2 is 2.00 bits per heavy atom. The molecule has 0 bridgehead atoms. The van der Waals surface area contributed by atoms with Crippen LogP contribution in [-0.4, -0.2) is 9.97 Å². The van der Waals surface area contributed by atoms with Crippen molar-refractivity contribution in [2.45, 2.75) is 6.92 Å². The fraction of sp³-hybridized carbons (Fsp3) is 0.111. The number of rotatable bonds is 1. The van der Waals surface area contributed by atoms with Crippen molar-refractivity contribution in [3.05, 3.63) is 34.9 Å². The lowest BCUT2D eigenvalue weighted by molar-refractivity contribution is 1.30. The van der Waals surface area contributed by atoms with Crippen LogP contribution in [0.15, 0.2) is 30.0 Å². The molecule has 3 heteroatoms. The Kier molecular flexibility index (Phi) is 1.87. The highest BCUT2D eigenvalue weighted by atomic mass is 32.1. The van der Waals surface area contributed by atoms with Gasteiger partial charge in [0.05, 0.1) is 11.2 Å². The van der Waals surface area contributed by atoms with Crippen molar-refractivity contribution in [2.75, 3.05) is 0 Å². The lowest BCUT2D eigenvalue weighted by atomic mass is 10.2. The van der Waals surface area contributed by atoms with Crippen LogP contribution in [0.3, 0.4) is 0 Å². The van der Waals surface area contributed by atoms with E-state index in [0.717, 1.165) is 11.3 Å². The lowest BCUT2D eigenvalue weighted by Crippen LogP contribution is -1.79. The number of aryl methyl sites for hydroxylation is 1. The van der Waals surface area contributed by atoms with Gasteiger partial charge >= 0.3 is 0 Å². The Bertz CT molecular complexity index is 367. The summed E-state index contributed by atoms with van der Waals surface area (Å²) in [4.78, 5) is 9.49. The van der Waals surface area contributed by atoms with Crippen molar-refractivity contribution in [1.82, 2.24) is 9.97 Å². The molecule has 60 valence electrons. The Morgan fingerprint density at radius 1 is 1.25 bits per heavy atom. The summed E-state index contributed by atoms with van der Waals surface area (Å²) >= 11 is 1.67. The molecule has 0 aliphatic carbocycles. The fourth-order valence-electron chi connectivity index (χ4n) is 1.09. The minimum atomic E-state index is 1.07. The monoisotopic (exact) mass is 176 g/mol. The van der Waals surface area contributed by atoms with Gasteiger partial charge in [-0.05, 0) is 19.1 Å². The molecule has 0 N–H and O–H groups in total. The minimum Gasteiger partial charge on any atom is -0.265 e. The van der Waals surface area contributed by atoms with Gasteiger partial charge in [-0.3, -0.25) is 4.98 Å². The topological polar surface area (TPSA) is 25.8 Å². The predicted molar refractivity (Wildman–Crippen MR) is 50.1 cm³/mol.